The Morgan fingerprint density at radius 1 is 1.36 bits per heavy atom. The zero-order chi connectivity index (χ0) is 15.7. The number of para-hydroxylation sites is 1. The second-order valence-corrected chi connectivity index (χ2v) is 5.77. The van der Waals surface area contributed by atoms with Gasteiger partial charge in [0.15, 0.2) is 5.76 Å². The minimum Gasteiger partial charge on any atom is -0.491 e. The average molecular weight is 299 g/mol. The molecule has 116 valence electrons. The molecule has 0 saturated carbocycles. The number of ether oxygens (including phenoxy) is 1. The summed E-state index contributed by atoms with van der Waals surface area (Å²) in [5.41, 5.74) is 2.06. The van der Waals surface area contributed by atoms with Crippen LogP contribution < -0.4 is 4.74 Å². The van der Waals surface area contributed by atoms with Gasteiger partial charge in [0.1, 0.15) is 18.1 Å². The molecule has 1 aromatic carbocycles. The number of carbonyl (C=O) groups excluding carboxylic acids is 1. The van der Waals surface area contributed by atoms with E-state index in [0.717, 1.165) is 29.1 Å². The maximum atomic E-state index is 12.8. The molecule has 0 spiro atoms. The average Bonchev–Trinajstić information content (AvgIpc) is 2.82. The molecule has 4 nitrogen and oxygen atoms in total. The molecule has 0 aliphatic carbocycles. The Balaban J connectivity index is 1.90. The highest BCUT2D eigenvalue weighted by Gasteiger charge is 2.28. The largest absolute Gasteiger partial charge is 0.491 e. The molecule has 22 heavy (non-hydrogen) atoms. The fraction of sp³-hybridized carbons (Fsp3) is 0.389. The van der Waals surface area contributed by atoms with Crippen molar-refractivity contribution in [2.45, 2.75) is 39.8 Å². The van der Waals surface area contributed by atoms with Crippen LogP contribution in [0.3, 0.4) is 0 Å². The van der Waals surface area contributed by atoms with E-state index in [1.54, 1.807) is 0 Å². The van der Waals surface area contributed by atoms with Crippen LogP contribution in [0.1, 0.15) is 41.3 Å². The molecular formula is C18H21NO3. The molecule has 0 radical (unpaired) electrons. The van der Waals surface area contributed by atoms with Gasteiger partial charge in [-0.1, -0.05) is 25.1 Å². The predicted molar refractivity (Wildman–Crippen MR) is 84.1 cm³/mol. The quantitative estimate of drug-likeness (QED) is 0.851. The van der Waals surface area contributed by atoms with Crippen molar-refractivity contribution in [3.63, 3.8) is 0 Å². The van der Waals surface area contributed by atoms with Crippen molar-refractivity contribution in [3.8, 4) is 5.75 Å². The van der Waals surface area contributed by atoms with Gasteiger partial charge in [0.05, 0.1) is 12.6 Å². The Kier molecular flexibility index (Phi) is 3.92. The van der Waals surface area contributed by atoms with Crippen molar-refractivity contribution < 1.29 is 13.9 Å². The number of hydrogen-bond acceptors (Lipinski definition) is 3. The second kappa shape index (κ2) is 5.87. The summed E-state index contributed by atoms with van der Waals surface area (Å²) in [6.45, 7) is 7.03. The number of rotatable bonds is 2. The highest BCUT2D eigenvalue weighted by Crippen LogP contribution is 2.26. The van der Waals surface area contributed by atoms with Gasteiger partial charge in [-0.2, -0.15) is 0 Å². The first kappa shape index (κ1) is 14.7. The third kappa shape index (κ3) is 2.61. The highest BCUT2D eigenvalue weighted by molar-refractivity contribution is 5.92. The van der Waals surface area contributed by atoms with Gasteiger partial charge in [-0.25, -0.2) is 0 Å². The van der Waals surface area contributed by atoms with Crippen LogP contribution in [0.4, 0.5) is 0 Å². The number of carbonyl (C=O) groups is 1. The third-order valence-electron chi connectivity index (χ3n) is 4.14. The number of hydrogen-bond donors (Lipinski definition) is 0. The Hall–Kier alpha value is -2.23. The van der Waals surface area contributed by atoms with E-state index in [2.05, 4.69) is 0 Å². The van der Waals surface area contributed by atoms with Gasteiger partial charge in [0, 0.05) is 12.0 Å². The number of fused-ring (bicyclic) bond motifs is 1. The molecule has 1 atom stereocenters. The molecule has 4 heteroatoms. The summed E-state index contributed by atoms with van der Waals surface area (Å²) in [6, 6.07) is 9.69. The summed E-state index contributed by atoms with van der Waals surface area (Å²) in [7, 11) is 0. The molecule has 0 N–H and O–H groups in total. The Bertz CT molecular complexity index is 689. The minimum atomic E-state index is -0.0735. The fourth-order valence-corrected chi connectivity index (χ4v) is 2.80. The molecule has 1 aliphatic rings. The predicted octanol–water partition coefficient (Wildman–Crippen LogP) is 3.57. The van der Waals surface area contributed by atoms with E-state index in [0.29, 0.717) is 18.9 Å². The summed E-state index contributed by atoms with van der Waals surface area (Å²) in [4.78, 5) is 14.7. The molecule has 0 fully saturated rings. The summed E-state index contributed by atoms with van der Waals surface area (Å²) >= 11 is 0. The van der Waals surface area contributed by atoms with Crippen LogP contribution in [0.5, 0.6) is 5.75 Å². The molecule has 2 heterocycles. The number of aryl methyl sites for hydroxylation is 2. The van der Waals surface area contributed by atoms with Gasteiger partial charge >= 0.3 is 0 Å². The van der Waals surface area contributed by atoms with Crippen LogP contribution in [0.15, 0.2) is 34.7 Å². The lowest BCUT2D eigenvalue weighted by molar-refractivity contribution is 0.0611. The van der Waals surface area contributed by atoms with E-state index in [1.807, 2.05) is 56.0 Å². The summed E-state index contributed by atoms with van der Waals surface area (Å²) in [5, 5.41) is 0. The van der Waals surface area contributed by atoms with Crippen molar-refractivity contribution in [1.29, 1.82) is 0 Å². The molecule has 0 unspecified atom stereocenters. The van der Waals surface area contributed by atoms with Crippen molar-refractivity contribution >= 4 is 5.91 Å². The molecule has 1 amide bonds. The van der Waals surface area contributed by atoms with E-state index in [4.69, 9.17) is 9.15 Å². The van der Waals surface area contributed by atoms with Crippen LogP contribution in [0.25, 0.3) is 0 Å². The maximum absolute atomic E-state index is 12.8. The molecular weight excluding hydrogens is 278 g/mol. The molecule has 3 rings (SSSR count). The fourth-order valence-electron chi connectivity index (χ4n) is 2.80. The number of amides is 1. The lowest BCUT2D eigenvalue weighted by Crippen LogP contribution is -2.39. The van der Waals surface area contributed by atoms with E-state index < -0.39 is 0 Å². The maximum Gasteiger partial charge on any atom is 0.290 e. The summed E-state index contributed by atoms with van der Waals surface area (Å²) < 4.78 is 11.5. The van der Waals surface area contributed by atoms with Gasteiger partial charge in [0.25, 0.3) is 5.91 Å². The lowest BCUT2D eigenvalue weighted by atomic mass is 10.1. The van der Waals surface area contributed by atoms with Crippen LogP contribution >= 0.6 is 0 Å². The van der Waals surface area contributed by atoms with Gasteiger partial charge in [-0.05, 0) is 31.5 Å². The van der Waals surface area contributed by atoms with Gasteiger partial charge in [-0.3, -0.25) is 4.79 Å². The first-order valence-electron chi connectivity index (χ1n) is 7.71. The van der Waals surface area contributed by atoms with E-state index in [-0.39, 0.29) is 11.9 Å². The van der Waals surface area contributed by atoms with Crippen LogP contribution in [-0.4, -0.2) is 23.5 Å². The van der Waals surface area contributed by atoms with Crippen LogP contribution in [-0.2, 0) is 13.0 Å². The Morgan fingerprint density at radius 3 is 2.86 bits per heavy atom. The van der Waals surface area contributed by atoms with Crippen LogP contribution in [0.2, 0.25) is 0 Å². The minimum absolute atomic E-state index is 0.00428. The van der Waals surface area contributed by atoms with E-state index in [1.165, 1.54) is 0 Å². The first-order chi connectivity index (χ1) is 10.6. The lowest BCUT2D eigenvalue weighted by Gasteiger charge is -2.25. The monoisotopic (exact) mass is 299 g/mol. The normalized spacial score (nSPS) is 17.6. The van der Waals surface area contributed by atoms with Crippen molar-refractivity contribution in [3.05, 3.63) is 53.0 Å². The SMILES string of the molecule is CCc1oc(C(=O)N2Cc3ccccc3OC[C@@H]2C)cc1C. The van der Waals surface area contributed by atoms with Crippen molar-refractivity contribution in [1.82, 2.24) is 4.90 Å². The highest BCUT2D eigenvalue weighted by atomic mass is 16.5. The molecule has 0 bridgehead atoms. The topological polar surface area (TPSA) is 42.7 Å². The summed E-state index contributed by atoms with van der Waals surface area (Å²) in [6.07, 6.45) is 0.792. The standard InChI is InChI=1S/C18H21NO3/c1-4-15-12(2)9-17(22-15)18(20)19-10-14-7-5-6-8-16(14)21-11-13(19)3/h5-9,13H,4,10-11H2,1-3H3/t13-/m0/s1. The second-order valence-electron chi connectivity index (χ2n) is 5.77. The number of furan rings is 1. The third-order valence-corrected chi connectivity index (χ3v) is 4.14. The molecule has 1 aliphatic heterocycles. The van der Waals surface area contributed by atoms with Gasteiger partial charge in [0.2, 0.25) is 0 Å². The number of nitrogens with zero attached hydrogens (tertiary/aromatic N) is 1. The van der Waals surface area contributed by atoms with E-state index in [9.17, 15) is 4.79 Å². The zero-order valence-corrected chi connectivity index (χ0v) is 13.3. The zero-order valence-electron chi connectivity index (χ0n) is 13.3. The van der Waals surface area contributed by atoms with E-state index >= 15 is 0 Å². The van der Waals surface area contributed by atoms with Gasteiger partial charge < -0.3 is 14.1 Å². The Morgan fingerprint density at radius 2 is 2.14 bits per heavy atom. The van der Waals surface area contributed by atoms with Gasteiger partial charge in [-0.15, -0.1) is 0 Å². The molecule has 1 aromatic heterocycles. The molecule has 0 saturated heterocycles. The smallest absolute Gasteiger partial charge is 0.290 e. The number of benzene rings is 1. The Labute approximate surface area is 130 Å². The molecule has 2 aromatic rings. The first-order valence-corrected chi connectivity index (χ1v) is 7.71. The van der Waals surface area contributed by atoms with Crippen molar-refractivity contribution in [2.75, 3.05) is 6.61 Å². The van der Waals surface area contributed by atoms with Crippen molar-refractivity contribution in [2.24, 2.45) is 0 Å². The van der Waals surface area contributed by atoms with Crippen LogP contribution in [0, 0.1) is 6.92 Å². The summed E-state index contributed by atoms with van der Waals surface area (Å²) in [5.74, 6) is 2.08.